The van der Waals surface area contributed by atoms with Crippen LogP contribution in [0.4, 0.5) is 13.2 Å². The Bertz CT molecular complexity index is 1350. The molecule has 1 heterocycles. The number of nitrogens with zero attached hydrogens (tertiary/aromatic N) is 3. The smallest absolute Gasteiger partial charge is 0.453 e. The van der Waals surface area contributed by atoms with Crippen molar-refractivity contribution in [3.63, 3.8) is 0 Å². The van der Waals surface area contributed by atoms with Crippen LogP contribution in [0.1, 0.15) is 17.0 Å². The highest BCUT2D eigenvalue weighted by Crippen LogP contribution is 2.28. The largest absolute Gasteiger partial charge is 0.496 e. The molecule has 0 radical (unpaired) electrons. The maximum absolute atomic E-state index is 13.1. The molecule has 4 aromatic rings. The monoisotopic (exact) mass is 484 g/mol. The van der Waals surface area contributed by atoms with Gasteiger partial charge in [-0.25, -0.2) is 5.10 Å². The van der Waals surface area contributed by atoms with Crippen LogP contribution >= 0.6 is 12.2 Å². The number of nitrogens with one attached hydrogen (secondary N) is 1. The maximum atomic E-state index is 13.1. The molecule has 0 amide bonds. The van der Waals surface area contributed by atoms with E-state index in [0.717, 1.165) is 11.1 Å². The average molecular weight is 485 g/mol. The summed E-state index contributed by atoms with van der Waals surface area (Å²) in [7, 11) is 1.53. The van der Waals surface area contributed by atoms with Crippen LogP contribution in [-0.4, -0.2) is 28.2 Å². The molecular formula is C24H19F3N4O2S. The van der Waals surface area contributed by atoms with Crippen LogP contribution in [0.25, 0.3) is 11.1 Å². The van der Waals surface area contributed by atoms with E-state index in [4.69, 9.17) is 21.7 Å². The van der Waals surface area contributed by atoms with Crippen LogP contribution in [0.3, 0.4) is 0 Å². The van der Waals surface area contributed by atoms with Crippen molar-refractivity contribution in [2.75, 3.05) is 7.11 Å². The van der Waals surface area contributed by atoms with Crippen molar-refractivity contribution < 1.29 is 22.6 Å². The van der Waals surface area contributed by atoms with Crippen molar-refractivity contribution >= 4 is 18.4 Å². The van der Waals surface area contributed by atoms with Crippen molar-refractivity contribution in [2.45, 2.75) is 12.8 Å². The molecule has 0 aliphatic rings. The molecule has 34 heavy (non-hydrogen) atoms. The minimum Gasteiger partial charge on any atom is -0.496 e. The zero-order valence-corrected chi connectivity index (χ0v) is 18.7. The number of halogens is 3. The van der Waals surface area contributed by atoms with E-state index < -0.39 is 12.0 Å². The molecule has 0 saturated heterocycles. The second kappa shape index (κ2) is 9.92. The van der Waals surface area contributed by atoms with Gasteiger partial charge in [-0.1, -0.05) is 42.5 Å². The number of hydrogen-bond acceptors (Lipinski definition) is 5. The van der Waals surface area contributed by atoms with Gasteiger partial charge < -0.3 is 9.47 Å². The second-order valence-corrected chi connectivity index (χ2v) is 7.54. The third-order valence-electron chi connectivity index (χ3n) is 4.89. The van der Waals surface area contributed by atoms with Crippen molar-refractivity contribution in [1.29, 1.82) is 0 Å². The number of ether oxygens (including phenoxy) is 2. The number of rotatable bonds is 7. The van der Waals surface area contributed by atoms with Gasteiger partial charge in [-0.2, -0.15) is 22.9 Å². The SMILES string of the molecule is COc1ccc(/C=N\n2c(C(F)(F)F)n[nH]c2=S)cc1COc1ccc(-c2ccccc2)cc1. The summed E-state index contributed by atoms with van der Waals surface area (Å²) in [6.07, 6.45) is -3.43. The van der Waals surface area contributed by atoms with Crippen LogP contribution in [0, 0.1) is 4.77 Å². The summed E-state index contributed by atoms with van der Waals surface area (Å²) < 4.78 is 50.8. The number of benzene rings is 3. The molecule has 3 aromatic carbocycles. The van der Waals surface area contributed by atoms with E-state index in [9.17, 15) is 13.2 Å². The molecule has 0 fully saturated rings. The van der Waals surface area contributed by atoms with Crippen molar-refractivity contribution in [2.24, 2.45) is 5.10 Å². The minimum absolute atomic E-state index is 0.189. The van der Waals surface area contributed by atoms with Gasteiger partial charge in [0.05, 0.1) is 13.3 Å². The fourth-order valence-electron chi connectivity index (χ4n) is 3.23. The molecule has 0 bridgehead atoms. The Hall–Kier alpha value is -3.92. The Morgan fingerprint density at radius 3 is 2.41 bits per heavy atom. The zero-order valence-electron chi connectivity index (χ0n) is 17.9. The van der Waals surface area contributed by atoms with Crippen LogP contribution in [-0.2, 0) is 12.8 Å². The molecule has 10 heteroatoms. The van der Waals surface area contributed by atoms with E-state index in [1.165, 1.54) is 13.3 Å². The molecule has 0 saturated carbocycles. The van der Waals surface area contributed by atoms with E-state index in [1.54, 1.807) is 18.2 Å². The molecule has 0 aliphatic carbocycles. The van der Waals surface area contributed by atoms with Gasteiger partial charge in [-0.3, -0.25) is 0 Å². The summed E-state index contributed by atoms with van der Waals surface area (Å²) in [5.74, 6) is 0.0130. The van der Waals surface area contributed by atoms with E-state index in [1.807, 2.05) is 54.6 Å². The molecule has 174 valence electrons. The predicted octanol–water partition coefficient (Wildman–Crippen LogP) is 6.10. The first-order chi connectivity index (χ1) is 16.3. The zero-order chi connectivity index (χ0) is 24.1. The second-order valence-electron chi connectivity index (χ2n) is 7.16. The fraction of sp³-hybridized carbons (Fsp3) is 0.125. The Labute approximate surface area is 198 Å². The molecular weight excluding hydrogens is 465 g/mol. The lowest BCUT2D eigenvalue weighted by Gasteiger charge is -2.12. The lowest BCUT2D eigenvalue weighted by Crippen LogP contribution is -2.12. The number of aromatic amines is 1. The first-order valence-corrected chi connectivity index (χ1v) is 10.5. The van der Waals surface area contributed by atoms with Gasteiger partial charge >= 0.3 is 6.18 Å². The number of methoxy groups -OCH3 is 1. The lowest BCUT2D eigenvalue weighted by atomic mass is 10.1. The summed E-state index contributed by atoms with van der Waals surface area (Å²) in [4.78, 5) is 0. The number of alkyl halides is 3. The Balaban J connectivity index is 1.51. The van der Waals surface area contributed by atoms with Gasteiger partial charge in [-0.05, 0) is 59.2 Å². The van der Waals surface area contributed by atoms with Gasteiger partial charge in [0, 0.05) is 5.56 Å². The molecule has 1 N–H and O–H groups in total. The van der Waals surface area contributed by atoms with E-state index in [2.05, 4.69) is 15.3 Å². The van der Waals surface area contributed by atoms with Crippen LogP contribution in [0.5, 0.6) is 11.5 Å². The highest BCUT2D eigenvalue weighted by atomic mass is 32.1. The van der Waals surface area contributed by atoms with E-state index in [0.29, 0.717) is 27.3 Å². The van der Waals surface area contributed by atoms with Gasteiger partial charge in [0.15, 0.2) is 0 Å². The van der Waals surface area contributed by atoms with Crippen LogP contribution < -0.4 is 9.47 Å². The van der Waals surface area contributed by atoms with Crippen LogP contribution in [0.15, 0.2) is 77.9 Å². The van der Waals surface area contributed by atoms with Crippen LogP contribution in [0.2, 0.25) is 0 Å². The third kappa shape index (κ3) is 5.34. The fourth-order valence-corrected chi connectivity index (χ4v) is 3.41. The maximum Gasteiger partial charge on any atom is 0.453 e. The summed E-state index contributed by atoms with van der Waals surface area (Å²) in [5, 5.41) is 9.15. The topological polar surface area (TPSA) is 64.4 Å². The highest BCUT2D eigenvalue weighted by Gasteiger charge is 2.37. The first-order valence-electron chi connectivity index (χ1n) is 10.1. The summed E-state index contributed by atoms with van der Waals surface area (Å²) in [6, 6.07) is 22.7. The third-order valence-corrected chi connectivity index (χ3v) is 5.15. The number of H-pyrrole nitrogens is 1. The Kier molecular flexibility index (Phi) is 6.78. The van der Waals surface area contributed by atoms with Gasteiger partial charge in [0.1, 0.15) is 18.1 Å². The minimum atomic E-state index is -4.69. The molecule has 0 spiro atoms. The standard InChI is InChI=1S/C24H19F3N4O2S/c1-32-21-12-7-16(14-28-31-22(24(25,26)27)29-30-23(31)34)13-19(21)15-33-20-10-8-18(9-11-20)17-5-3-2-4-6-17/h2-14H,15H2,1H3,(H,30,34)/b28-14-. The quantitative estimate of drug-likeness (QED) is 0.254. The first kappa shape index (κ1) is 23.2. The molecule has 4 rings (SSSR count). The van der Waals surface area contributed by atoms with Gasteiger partial charge in [0.2, 0.25) is 4.77 Å². The Morgan fingerprint density at radius 1 is 1.03 bits per heavy atom. The molecule has 0 aliphatic heterocycles. The summed E-state index contributed by atoms with van der Waals surface area (Å²) >= 11 is 4.85. The molecule has 6 nitrogen and oxygen atoms in total. The summed E-state index contributed by atoms with van der Waals surface area (Å²) in [5.41, 5.74) is 3.41. The van der Waals surface area contributed by atoms with Crippen molar-refractivity contribution in [1.82, 2.24) is 14.9 Å². The summed E-state index contributed by atoms with van der Waals surface area (Å²) in [6.45, 7) is 0.189. The molecule has 0 atom stereocenters. The normalized spacial score (nSPS) is 11.6. The predicted molar refractivity (Wildman–Crippen MR) is 125 cm³/mol. The van der Waals surface area contributed by atoms with Gasteiger partial charge in [-0.15, -0.1) is 5.10 Å². The van der Waals surface area contributed by atoms with Gasteiger partial charge in [0.25, 0.3) is 5.82 Å². The average Bonchev–Trinajstić information content (AvgIpc) is 3.23. The lowest BCUT2D eigenvalue weighted by molar-refractivity contribution is -0.147. The number of hydrogen-bond donors (Lipinski definition) is 1. The van der Waals surface area contributed by atoms with Crippen molar-refractivity contribution in [3.05, 3.63) is 94.5 Å². The van der Waals surface area contributed by atoms with E-state index >= 15 is 0 Å². The van der Waals surface area contributed by atoms with Crippen molar-refractivity contribution in [3.8, 4) is 22.6 Å². The van der Waals surface area contributed by atoms with E-state index in [-0.39, 0.29) is 11.4 Å². The molecule has 1 aromatic heterocycles. The number of aromatic nitrogens is 3. The Morgan fingerprint density at radius 2 is 1.74 bits per heavy atom. The highest BCUT2D eigenvalue weighted by molar-refractivity contribution is 7.71. The molecule has 0 unspecified atom stereocenters.